The molecule has 3 heterocycles. The molecule has 2 aromatic heterocycles. The predicted molar refractivity (Wildman–Crippen MR) is 152 cm³/mol. The zero-order chi connectivity index (χ0) is 31.8. The average molecular weight is 604 g/mol. The van der Waals surface area contributed by atoms with Crippen molar-refractivity contribution in [3.63, 3.8) is 0 Å². The van der Waals surface area contributed by atoms with Crippen LogP contribution in [0.15, 0.2) is 41.3 Å². The summed E-state index contributed by atoms with van der Waals surface area (Å²) in [5.41, 5.74) is -5.74. The van der Waals surface area contributed by atoms with Crippen molar-refractivity contribution in [2.45, 2.75) is 77.3 Å². The maximum absolute atomic E-state index is 14.0. The van der Waals surface area contributed by atoms with E-state index >= 15 is 0 Å². The molecule has 3 N–H and O–H groups in total. The third-order valence-electron chi connectivity index (χ3n) is 7.77. The number of halogens is 3. The molecule has 4 rings (SSSR count). The van der Waals surface area contributed by atoms with Crippen LogP contribution in [0.1, 0.15) is 59.4 Å². The van der Waals surface area contributed by atoms with Crippen LogP contribution in [-0.4, -0.2) is 51.3 Å². The number of hydrogen-bond acceptors (Lipinski definition) is 8. The van der Waals surface area contributed by atoms with E-state index in [-0.39, 0.29) is 48.7 Å². The summed E-state index contributed by atoms with van der Waals surface area (Å²) < 4.78 is 54.7. The Morgan fingerprint density at radius 3 is 2.49 bits per heavy atom. The monoisotopic (exact) mass is 603 g/mol. The van der Waals surface area contributed by atoms with Gasteiger partial charge in [0.15, 0.2) is 17.5 Å². The number of H-pyrrole nitrogens is 1. The van der Waals surface area contributed by atoms with Crippen LogP contribution in [0.5, 0.6) is 0 Å². The molecular formula is C30H36F3N5O5. The van der Waals surface area contributed by atoms with E-state index in [0.29, 0.717) is 17.6 Å². The van der Waals surface area contributed by atoms with E-state index in [4.69, 9.17) is 9.47 Å². The Balaban J connectivity index is 1.68. The number of hydrogen-bond donors (Lipinski definition) is 3. The number of esters is 1. The number of nitrogens with one attached hydrogen (secondary N) is 2. The number of carbonyl (C=O) groups is 1. The standard InChI is InChI=1S/C30H36F3N5O5/c1-18(2)16-42-26(40)22-10-12-28(13-14-34,17-43-22)38-21-11-15-35-25(39)23(21)24(37-38)36-20-8-6-19(7-9-20)29(41,27(3,4)5)30(31,32)33/h6-9,11,15,18,22,41H,10,12-13,16-17H2,1-5H3,(H,35,39)(H,36,37). The van der Waals surface area contributed by atoms with Crippen molar-refractivity contribution in [2.24, 2.45) is 11.3 Å². The highest BCUT2D eigenvalue weighted by molar-refractivity contribution is 5.91. The molecular weight excluding hydrogens is 567 g/mol. The van der Waals surface area contributed by atoms with Crippen molar-refractivity contribution in [2.75, 3.05) is 18.5 Å². The first kappa shape index (κ1) is 32.0. The summed E-state index contributed by atoms with van der Waals surface area (Å²) in [5.74, 6) is -0.201. The van der Waals surface area contributed by atoms with Gasteiger partial charge in [-0.2, -0.15) is 23.5 Å². The van der Waals surface area contributed by atoms with Crippen molar-refractivity contribution < 1.29 is 32.5 Å². The molecule has 232 valence electrons. The largest absolute Gasteiger partial charge is 0.463 e. The smallest absolute Gasteiger partial charge is 0.421 e. The van der Waals surface area contributed by atoms with Crippen LogP contribution in [-0.2, 0) is 25.4 Å². The molecule has 0 spiro atoms. The van der Waals surface area contributed by atoms with E-state index in [1.807, 2.05) is 13.8 Å². The topological polar surface area (TPSA) is 142 Å². The fourth-order valence-electron chi connectivity index (χ4n) is 5.35. The summed E-state index contributed by atoms with van der Waals surface area (Å²) in [5, 5.41) is 28.3. The summed E-state index contributed by atoms with van der Waals surface area (Å²) in [6.07, 6.45) is -3.70. The Kier molecular flexibility index (Phi) is 8.68. The average Bonchev–Trinajstić information content (AvgIpc) is 3.31. The third kappa shape index (κ3) is 5.99. The molecule has 43 heavy (non-hydrogen) atoms. The quantitative estimate of drug-likeness (QED) is 0.297. The van der Waals surface area contributed by atoms with Crippen LogP contribution in [0, 0.1) is 22.7 Å². The second-order valence-electron chi connectivity index (χ2n) is 12.4. The Morgan fingerprint density at radius 2 is 1.95 bits per heavy atom. The molecule has 10 nitrogen and oxygen atoms in total. The van der Waals surface area contributed by atoms with Gasteiger partial charge in [-0.05, 0) is 42.5 Å². The summed E-state index contributed by atoms with van der Waals surface area (Å²) in [7, 11) is 0. The normalized spacial score (nSPS) is 20.9. The molecule has 1 aliphatic heterocycles. The van der Waals surface area contributed by atoms with Crippen LogP contribution in [0.3, 0.4) is 0 Å². The maximum Gasteiger partial charge on any atom is 0.421 e. The summed E-state index contributed by atoms with van der Waals surface area (Å²) in [6.45, 7) is 7.98. The number of fused-ring (bicyclic) bond motifs is 1. The van der Waals surface area contributed by atoms with E-state index in [9.17, 15) is 33.1 Å². The highest BCUT2D eigenvalue weighted by Crippen LogP contribution is 2.50. The van der Waals surface area contributed by atoms with Gasteiger partial charge in [0.1, 0.15) is 5.39 Å². The molecule has 3 aromatic rings. The van der Waals surface area contributed by atoms with Crippen LogP contribution in [0.4, 0.5) is 24.7 Å². The van der Waals surface area contributed by atoms with Gasteiger partial charge in [-0.3, -0.25) is 9.48 Å². The van der Waals surface area contributed by atoms with Gasteiger partial charge in [0.25, 0.3) is 5.56 Å². The first-order valence-corrected chi connectivity index (χ1v) is 14.0. The number of nitriles is 1. The summed E-state index contributed by atoms with van der Waals surface area (Å²) in [6, 6.07) is 8.87. The Bertz CT molecular complexity index is 1540. The number of pyridine rings is 1. The van der Waals surface area contributed by atoms with Crippen molar-refractivity contribution >= 4 is 28.4 Å². The van der Waals surface area contributed by atoms with Crippen LogP contribution < -0.4 is 10.9 Å². The zero-order valence-electron chi connectivity index (χ0n) is 24.7. The SMILES string of the molecule is CC(C)COC(=O)C1CCC(CC#N)(n2nc(Nc3ccc(C(O)(C(C)(C)C)C(F)(F)F)cc3)c3c(=O)[nH]ccc32)CO1. The number of aromatic nitrogens is 3. The number of alkyl halides is 3. The number of carbonyl (C=O) groups excluding carboxylic acids is 1. The van der Waals surface area contributed by atoms with Crippen molar-refractivity contribution in [1.82, 2.24) is 14.8 Å². The van der Waals surface area contributed by atoms with E-state index in [1.165, 1.54) is 51.2 Å². The summed E-state index contributed by atoms with van der Waals surface area (Å²) >= 11 is 0. The van der Waals surface area contributed by atoms with Gasteiger partial charge >= 0.3 is 12.1 Å². The minimum atomic E-state index is -4.93. The second kappa shape index (κ2) is 11.7. The molecule has 0 bridgehead atoms. The van der Waals surface area contributed by atoms with Gasteiger partial charge in [0.05, 0.1) is 36.8 Å². The fourth-order valence-corrected chi connectivity index (χ4v) is 5.35. The highest BCUT2D eigenvalue weighted by Gasteiger charge is 2.61. The second-order valence-corrected chi connectivity index (χ2v) is 12.4. The lowest BCUT2D eigenvalue weighted by Crippen LogP contribution is -2.52. The van der Waals surface area contributed by atoms with Gasteiger partial charge in [-0.15, -0.1) is 0 Å². The number of aromatic amines is 1. The van der Waals surface area contributed by atoms with Crippen LogP contribution >= 0.6 is 0 Å². The maximum atomic E-state index is 14.0. The van der Waals surface area contributed by atoms with Gasteiger partial charge < -0.3 is 24.9 Å². The van der Waals surface area contributed by atoms with Crippen molar-refractivity contribution in [1.29, 1.82) is 5.26 Å². The van der Waals surface area contributed by atoms with Gasteiger partial charge in [0, 0.05) is 17.3 Å². The number of rotatable bonds is 8. The lowest BCUT2D eigenvalue weighted by molar-refractivity contribution is -0.302. The molecule has 1 aromatic carbocycles. The van der Waals surface area contributed by atoms with Crippen LogP contribution in [0.25, 0.3) is 10.9 Å². The Labute approximate surface area is 246 Å². The van der Waals surface area contributed by atoms with E-state index < -0.39 is 40.4 Å². The predicted octanol–water partition coefficient (Wildman–Crippen LogP) is 5.25. The summed E-state index contributed by atoms with van der Waals surface area (Å²) in [4.78, 5) is 28.1. The molecule has 0 saturated carbocycles. The molecule has 0 aliphatic carbocycles. The van der Waals surface area contributed by atoms with E-state index in [2.05, 4.69) is 21.5 Å². The minimum Gasteiger partial charge on any atom is -0.463 e. The van der Waals surface area contributed by atoms with Gasteiger partial charge in [0.2, 0.25) is 0 Å². The Morgan fingerprint density at radius 1 is 1.28 bits per heavy atom. The lowest BCUT2D eigenvalue weighted by atomic mass is 9.71. The lowest BCUT2D eigenvalue weighted by Gasteiger charge is -2.41. The van der Waals surface area contributed by atoms with Gasteiger partial charge in [-0.1, -0.05) is 46.8 Å². The number of benzene rings is 1. The third-order valence-corrected chi connectivity index (χ3v) is 7.77. The molecule has 1 saturated heterocycles. The molecule has 1 aliphatic rings. The molecule has 0 radical (unpaired) electrons. The van der Waals surface area contributed by atoms with E-state index in [1.54, 1.807) is 10.7 Å². The molecule has 0 amide bonds. The molecule has 1 fully saturated rings. The molecule has 3 atom stereocenters. The Hall–Kier alpha value is -3.89. The number of nitrogens with zero attached hydrogens (tertiary/aromatic N) is 3. The van der Waals surface area contributed by atoms with E-state index in [0.717, 1.165) is 0 Å². The minimum absolute atomic E-state index is 0.0265. The molecule has 3 unspecified atom stereocenters. The number of aliphatic hydroxyl groups is 1. The van der Waals surface area contributed by atoms with Gasteiger partial charge in [-0.25, -0.2) is 4.79 Å². The first-order valence-electron chi connectivity index (χ1n) is 14.0. The molecule has 13 heteroatoms. The zero-order valence-corrected chi connectivity index (χ0v) is 24.7. The van der Waals surface area contributed by atoms with Crippen molar-refractivity contribution in [3.05, 3.63) is 52.4 Å². The van der Waals surface area contributed by atoms with Crippen LogP contribution in [0.2, 0.25) is 0 Å². The van der Waals surface area contributed by atoms with Crippen molar-refractivity contribution in [3.8, 4) is 6.07 Å². The first-order chi connectivity index (χ1) is 20.0. The number of anilines is 2. The highest BCUT2D eigenvalue weighted by atomic mass is 19.4. The number of ether oxygens (including phenoxy) is 2. The fraction of sp³-hybridized carbons (Fsp3) is 0.533.